The molecule has 0 aliphatic carbocycles. The van der Waals surface area contributed by atoms with Crippen molar-refractivity contribution in [2.75, 3.05) is 20.8 Å². The molecule has 1 aliphatic rings. The van der Waals surface area contributed by atoms with E-state index in [2.05, 4.69) is 84.8 Å². The number of benzene rings is 3. The van der Waals surface area contributed by atoms with E-state index < -0.39 is 39.5 Å². The minimum absolute atomic E-state index is 0.0759. The van der Waals surface area contributed by atoms with Crippen molar-refractivity contribution in [3.8, 4) is 11.5 Å². The highest BCUT2D eigenvalue weighted by atomic mass is 28.3. The first kappa shape index (κ1) is 39.7. The van der Waals surface area contributed by atoms with E-state index in [1.54, 1.807) is 26.5 Å². The number of rotatable bonds is 11. The zero-order chi connectivity index (χ0) is 38.3. The Morgan fingerprint density at radius 3 is 1.67 bits per heavy atom. The van der Waals surface area contributed by atoms with Crippen molar-refractivity contribution in [1.82, 2.24) is 9.55 Å². The molecule has 0 spiro atoms. The summed E-state index contributed by atoms with van der Waals surface area (Å²) in [5, 5.41) is 12.9. The van der Waals surface area contributed by atoms with Crippen molar-refractivity contribution >= 4 is 16.1 Å². The van der Waals surface area contributed by atoms with Gasteiger partial charge in [-0.3, -0.25) is 0 Å². The Bertz CT molecular complexity index is 1820. The SMILES string of the molecule is COc1ccc(C(OC[C@H]2OC(O)(n3cccnc3=O)C([Si](C)(C)C(C)(C)C)[C@@H]2[Si](C)(C)C(C)(C)C)(c2ccccc2)c2ccc(OC)cc2)cc1. The topological polar surface area (TPSA) is 92.0 Å². The molecule has 1 aromatic heterocycles. The maximum absolute atomic E-state index is 13.6. The highest BCUT2D eigenvalue weighted by Crippen LogP contribution is 2.66. The molecule has 280 valence electrons. The van der Waals surface area contributed by atoms with Crippen LogP contribution in [0, 0.1) is 0 Å². The number of ether oxygens (including phenoxy) is 4. The molecule has 0 bridgehead atoms. The third-order valence-electron chi connectivity index (χ3n) is 12.7. The van der Waals surface area contributed by atoms with E-state index in [1.165, 1.54) is 10.8 Å². The smallest absolute Gasteiger partial charge is 0.351 e. The molecule has 10 heteroatoms. The number of aliphatic hydroxyl groups is 1. The minimum Gasteiger partial charge on any atom is -0.497 e. The molecule has 4 aromatic rings. The van der Waals surface area contributed by atoms with Gasteiger partial charge in [0.05, 0.1) is 43.1 Å². The van der Waals surface area contributed by atoms with Gasteiger partial charge >= 0.3 is 5.69 Å². The van der Waals surface area contributed by atoms with Crippen molar-refractivity contribution in [1.29, 1.82) is 0 Å². The fraction of sp³-hybridized carbons (Fsp3) is 0.476. The number of hydrogen-bond donors (Lipinski definition) is 1. The molecular formula is C42H58N2O6Si2. The van der Waals surface area contributed by atoms with Crippen LogP contribution in [0.2, 0.25) is 47.3 Å². The first-order chi connectivity index (χ1) is 24.3. The Balaban J connectivity index is 1.77. The Kier molecular flexibility index (Phi) is 10.9. The molecular weight excluding hydrogens is 685 g/mol. The standard InChI is InChI=1S/C42H58N2O6Si2/c1-39(2,3)51(9,10)36-35(50-42(46,44-28-16-27-43-38(44)45)37(36)52(11,12)40(4,5)6)29-49-41(30-17-14-13-15-18-30,31-19-23-33(47-7)24-20-31)32-21-25-34(48-8)26-22-32/h13-28,35-37,46H,29H2,1-12H3/t35-,36-,37?,42?/m1/s1. The number of nitrogens with zero attached hydrogens (tertiary/aromatic N) is 2. The summed E-state index contributed by atoms with van der Waals surface area (Å²) in [5.74, 6) is -0.457. The van der Waals surface area contributed by atoms with Crippen LogP contribution < -0.4 is 15.2 Å². The number of aromatic nitrogens is 2. The van der Waals surface area contributed by atoms with Gasteiger partial charge in [0.2, 0.25) is 0 Å². The van der Waals surface area contributed by atoms with Gasteiger partial charge in [-0.1, -0.05) is 122 Å². The molecule has 2 unspecified atom stereocenters. The summed E-state index contributed by atoms with van der Waals surface area (Å²) in [5.41, 5.74) is 0.679. The summed E-state index contributed by atoms with van der Waals surface area (Å²) in [6.07, 6.45) is 2.52. The minimum atomic E-state index is -2.51. The van der Waals surface area contributed by atoms with Crippen LogP contribution in [0.4, 0.5) is 0 Å². The molecule has 8 nitrogen and oxygen atoms in total. The van der Waals surface area contributed by atoms with E-state index in [1.807, 2.05) is 66.7 Å². The fourth-order valence-electron chi connectivity index (χ4n) is 7.81. The van der Waals surface area contributed by atoms with Gasteiger partial charge in [-0.2, -0.15) is 0 Å². The predicted molar refractivity (Wildman–Crippen MR) is 214 cm³/mol. The van der Waals surface area contributed by atoms with Crippen molar-refractivity contribution in [2.45, 2.75) is 107 Å². The molecule has 1 N–H and O–H groups in total. The monoisotopic (exact) mass is 742 g/mol. The van der Waals surface area contributed by atoms with E-state index in [-0.39, 0.29) is 27.8 Å². The number of methoxy groups -OCH3 is 2. The maximum atomic E-state index is 13.6. The van der Waals surface area contributed by atoms with Crippen LogP contribution >= 0.6 is 0 Å². The summed E-state index contributed by atoms with van der Waals surface area (Å²) in [6, 6.07) is 27.9. The molecule has 52 heavy (non-hydrogen) atoms. The lowest BCUT2D eigenvalue weighted by Gasteiger charge is -2.53. The molecule has 1 saturated heterocycles. The number of hydrogen-bond acceptors (Lipinski definition) is 7. The van der Waals surface area contributed by atoms with Crippen LogP contribution in [0.5, 0.6) is 11.5 Å². The van der Waals surface area contributed by atoms with E-state index in [0.717, 1.165) is 28.2 Å². The van der Waals surface area contributed by atoms with Gasteiger partial charge < -0.3 is 24.1 Å². The molecule has 0 saturated carbocycles. The van der Waals surface area contributed by atoms with Crippen LogP contribution in [0.25, 0.3) is 0 Å². The molecule has 0 amide bonds. The van der Waals surface area contributed by atoms with Gasteiger partial charge in [-0.15, -0.1) is 0 Å². The first-order valence-electron chi connectivity index (χ1n) is 18.2. The highest BCUT2D eigenvalue weighted by molar-refractivity contribution is 6.87. The second-order valence-electron chi connectivity index (χ2n) is 17.3. The third kappa shape index (κ3) is 6.84. The van der Waals surface area contributed by atoms with Crippen molar-refractivity contribution in [3.63, 3.8) is 0 Å². The Morgan fingerprint density at radius 1 is 0.750 bits per heavy atom. The zero-order valence-corrected chi connectivity index (χ0v) is 35.1. The fourth-order valence-corrected chi connectivity index (χ4v) is 16.6. The van der Waals surface area contributed by atoms with E-state index in [0.29, 0.717) is 0 Å². The van der Waals surface area contributed by atoms with Crippen molar-refractivity contribution < 1.29 is 24.1 Å². The molecule has 0 radical (unpaired) electrons. The van der Waals surface area contributed by atoms with Gasteiger partial charge in [0.1, 0.15) is 17.1 Å². The average Bonchev–Trinajstić information content (AvgIpc) is 3.42. The largest absolute Gasteiger partial charge is 0.497 e. The van der Waals surface area contributed by atoms with E-state index in [9.17, 15) is 9.90 Å². The van der Waals surface area contributed by atoms with E-state index in [4.69, 9.17) is 18.9 Å². The van der Waals surface area contributed by atoms with Crippen LogP contribution in [-0.2, 0) is 21.0 Å². The first-order valence-corrected chi connectivity index (χ1v) is 24.3. The lowest BCUT2D eigenvalue weighted by atomic mass is 9.80. The van der Waals surface area contributed by atoms with Crippen LogP contribution in [0.1, 0.15) is 58.2 Å². The van der Waals surface area contributed by atoms with Crippen LogP contribution in [-0.4, -0.2) is 57.7 Å². The Hall–Kier alpha value is -3.55. The highest BCUT2D eigenvalue weighted by Gasteiger charge is 2.68. The van der Waals surface area contributed by atoms with Gasteiger partial charge in [-0.05, 0) is 62.6 Å². The maximum Gasteiger partial charge on any atom is 0.351 e. The molecule has 5 rings (SSSR count). The summed E-state index contributed by atoms with van der Waals surface area (Å²) in [7, 11) is -1.57. The second-order valence-corrected chi connectivity index (χ2v) is 28.5. The van der Waals surface area contributed by atoms with Crippen molar-refractivity contribution in [2.24, 2.45) is 0 Å². The van der Waals surface area contributed by atoms with Gasteiger partial charge in [0.15, 0.2) is 0 Å². The molecule has 3 aromatic carbocycles. The summed E-state index contributed by atoms with van der Waals surface area (Å²) < 4.78 is 27.0. The van der Waals surface area contributed by atoms with Crippen LogP contribution in [0.3, 0.4) is 0 Å². The normalized spacial score (nSPS) is 21.6. The van der Waals surface area contributed by atoms with Crippen LogP contribution in [0.15, 0.2) is 102 Å². The summed E-state index contributed by atoms with van der Waals surface area (Å²) in [4.78, 5) is 17.6. The summed E-state index contributed by atoms with van der Waals surface area (Å²) >= 11 is 0. The van der Waals surface area contributed by atoms with Gasteiger partial charge in [0, 0.05) is 17.9 Å². The molecule has 4 atom stereocenters. The third-order valence-corrected chi connectivity index (χ3v) is 25.4. The van der Waals surface area contributed by atoms with Gasteiger partial charge in [-0.25, -0.2) is 14.3 Å². The zero-order valence-electron chi connectivity index (χ0n) is 33.1. The lowest BCUT2D eigenvalue weighted by Crippen LogP contribution is -2.58. The van der Waals surface area contributed by atoms with Gasteiger partial charge in [0.25, 0.3) is 5.91 Å². The lowest BCUT2D eigenvalue weighted by molar-refractivity contribution is -0.262. The molecule has 1 aliphatic heterocycles. The quantitative estimate of drug-likeness (QED) is 0.121. The second kappa shape index (κ2) is 14.4. The average molecular weight is 743 g/mol. The molecule has 1 fully saturated rings. The predicted octanol–water partition coefficient (Wildman–Crippen LogP) is 9.03. The Labute approximate surface area is 312 Å². The van der Waals surface area contributed by atoms with E-state index >= 15 is 0 Å². The van der Waals surface area contributed by atoms with Crippen molar-refractivity contribution in [3.05, 3.63) is 124 Å². The molecule has 2 heterocycles. The summed E-state index contributed by atoms with van der Waals surface area (Å²) in [6.45, 7) is 23.3. The Morgan fingerprint density at radius 2 is 1.23 bits per heavy atom.